The van der Waals surface area contributed by atoms with Crippen LogP contribution < -0.4 is 9.64 Å². The van der Waals surface area contributed by atoms with E-state index in [-0.39, 0.29) is 30.1 Å². The van der Waals surface area contributed by atoms with E-state index in [0.717, 1.165) is 31.6 Å². The van der Waals surface area contributed by atoms with Crippen LogP contribution in [0.3, 0.4) is 0 Å². The molecule has 3 aliphatic rings. The summed E-state index contributed by atoms with van der Waals surface area (Å²) in [6, 6.07) is 7.48. The van der Waals surface area contributed by atoms with Crippen molar-refractivity contribution in [3.63, 3.8) is 0 Å². The van der Waals surface area contributed by atoms with Crippen molar-refractivity contribution in [2.24, 2.45) is 5.92 Å². The second-order valence-corrected chi connectivity index (χ2v) is 8.50. The summed E-state index contributed by atoms with van der Waals surface area (Å²) in [6.45, 7) is 7.59. The maximum absolute atomic E-state index is 13.1. The summed E-state index contributed by atoms with van der Waals surface area (Å²) in [5, 5.41) is 0. The Kier molecular flexibility index (Phi) is 6.75. The van der Waals surface area contributed by atoms with Crippen molar-refractivity contribution in [3.05, 3.63) is 24.3 Å². The molecule has 1 unspecified atom stereocenters. The average molecular weight is 429 g/mol. The third-order valence-electron chi connectivity index (χ3n) is 6.43. The van der Waals surface area contributed by atoms with Gasteiger partial charge in [-0.3, -0.25) is 19.3 Å². The smallest absolute Gasteiger partial charge is 0.236 e. The molecule has 3 saturated heterocycles. The minimum atomic E-state index is -0.333. The average Bonchev–Trinajstić information content (AvgIpc) is 3.45. The quantitative estimate of drug-likeness (QED) is 0.681. The first-order valence-electron chi connectivity index (χ1n) is 11.4. The molecule has 0 bridgehead atoms. The number of anilines is 1. The summed E-state index contributed by atoms with van der Waals surface area (Å²) in [5.41, 5.74) is 0.731. The molecule has 1 aromatic carbocycles. The maximum atomic E-state index is 13.1. The molecule has 8 heteroatoms. The zero-order chi connectivity index (χ0) is 21.8. The standard InChI is InChI=1S/C23H32N4O4/c1-2-31-20-8-4-3-7-19(20)27-16-18(15-21(27)28)23(30)26-13-11-24(12-14-26)17-22(29)25-9-5-6-10-25/h3-4,7-8,18H,2,5-6,9-17H2,1H3. The molecule has 0 spiro atoms. The Bertz CT molecular complexity index is 816. The fraction of sp³-hybridized carbons (Fsp3) is 0.609. The molecule has 3 aliphatic heterocycles. The molecule has 4 rings (SSSR count). The van der Waals surface area contributed by atoms with Crippen molar-refractivity contribution in [1.82, 2.24) is 14.7 Å². The van der Waals surface area contributed by atoms with Gasteiger partial charge in [-0.25, -0.2) is 0 Å². The first-order chi connectivity index (χ1) is 15.1. The molecule has 31 heavy (non-hydrogen) atoms. The van der Waals surface area contributed by atoms with Gasteiger partial charge in [0.15, 0.2) is 0 Å². The normalized spacial score (nSPS) is 22.3. The molecule has 0 radical (unpaired) electrons. The van der Waals surface area contributed by atoms with E-state index in [1.807, 2.05) is 41.0 Å². The Labute approximate surface area is 183 Å². The summed E-state index contributed by atoms with van der Waals surface area (Å²) in [5.74, 6) is 0.528. The SMILES string of the molecule is CCOc1ccccc1N1CC(C(=O)N2CCN(CC(=O)N3CCCC3)CC2)CC1=O. The van der Waals surface area contributed by atoms with Crippen LogP contribution in [-0.4, -0.2) is 91.4 Å². The number of piperazine rings is 1. The van der Waals surface area contributed by atoms with Gasteiger partial charge in [-0.05, 0) is 31.9 Å². The van der Waals surface area contributed by atoms with Crippen LogP contribution in [0.5, 0.6) is 5.75 Å². The Balaban J connectivity index is 1.30. The van der Waals surface area contributed by atoms with Gasteiger partial charge >= 0.3 is 0 Å². The highest BCUT2D eigenvalue weighted by Crippen LogP contribution is 2.33. The molecule has 3 fully saturated rings. The van der Waals surface area contributed by atoms with Crippen molar-refractivity contribution < 1.29 is 19.1 Å². The number of ether oxygens (including phenoxy) is 1. The van der Waals surface area contributed by atoms with Crippen molar-refractivity contribution in [2.75, 3.05) is 63.9 Å². The van der Waals surface area contributed by atoms with Crippen molar-refractivity contribution in [1.29, 1.82) is 0 Å². The van der Waals surface area contributed by atoms with Crippen molar-refractivity contribution in [3.8, 4) is 5.75 Å². The van der Waals surface area contributed by atoms with Crippen LogP contribution in [0.15, 0.2) is 24.3 Å². The molecular formula is C23H32N4O4. The Morgan fingerprint density at radius 3 is 2.42 bits per heavy atom. The summed E-state index contributed by atoms with van der Waals surface area (Å²) in [7, 11) is 0. The number of hydrogen-bond acceptors (Lipinski definition) is 5. The van der Waals surface area contributed by atoms with Crippen LogP contribution in [0.2, 0.25) is 0 Å². The van der Waals surface area contributed by atoms with Crippen LogP contribution in [-0.2, 0) is 14.4 Å². The molecule has 3 heterocycles. The lowest BCUT2D eigenvalue weighted by atomic mass is 10.1. The number of para-hydroxylation sites is 2. The first kappa shape index (κ1) is 21.6. The van der Waals surface area contributed by atoms with E-state index < -0.39 is 0 Å². The summed E-state index contributed by atoms with van der Waals surface area (Å²) in [4.78, 5) is 45.7. The third-order valence-corrected chi connectivity index (χ3v) is 6.43. The number of carbonyl (C=O) groups excluding carboxylic acids is 3. The fourth-order valence-corrected chi connectivity index (χ4v) is 4.71. The topological polar surface area (TPSA) is 73.4 Å². The molecule has 0 aliphatic carbocycles. The van der Waals surface area contributed by atoms with Gasteiger partial charge in [-0.2, -0.15) is 0 Å². The lowest BCUT2D eigenvalue weighted by Gasteiger charge is -2.36. The molecular weight excluding hydrogens is 396 g/mol. The molecule has 1 aromatic rings. The van der Waals surface area contributed by atoms with Crippen molar-refractivity contribution in [2.45, 2.75) is 26.2 Å². The predicted molar refractivity (Wildman–Crippen MR) is 117 cm³/mol. The monoisotopic (exact) mass is 428 g/mol. The van der Waals surface area contributed by atoms with E-state index >= 15 is 0 Å². The lowest BCUT2D eigenvalue weighted by molar-refractivity contribution is -0.138. The van der Waals surface area contributed by atoms with Gasteiger partial charge < -0.3 is 19.4 Å². The number of benzene rings is 1. The van der Waals surface area contributed by atoms with Crippen LogP contribution in [0.4, 0.5) is 5.69 Å². The Morgan fingerprint density at radius 2 is 1.71 bits per heavy atom. The van der Waals surface area contributed by atoms with E-state index in [9.17, 15) is 14.4 Å². The van der Waals surface area contributed by atoms with Crippen LogP contribution in [0.1, 0.15) is 26.2 Å². The van der Waals surface area contributed by atoms with Gasteiger partial charge in [-0.1, -0.05) is 12.1 Å². The second-order valence-electron chi connectivity index (χ2n) is 8.50. The zero-order valence-corrected chi connectivity index (χ0v) is 18.3. The molecule has 0 aromatic heterocycles. The largest absolute Gasteiger partial charge is 0.492 e. The highest BCUT2D eigenvalue weighted by molar-refractivity contribution is 6.01. The molecule has 3 amide bonds. The number of amides is 3. The summed E-state index contributed by atoms with van der Waals surface area (Å²) in [6.07, 6.45) is 2.42. The van der Waals surface area contributed by atoms with E-state index in [0.29, 0.717) is 51.6 Å². The minimum absolute atomic E-state index is 0.0373. The van der Waals surface area contributed by atoms with Gasteiger partial charge in [0.2, 0.25) is 17.7 Å². The van der Waals surface area contributed by atoms with Crippen LogP contribution >= 0.6 is 0 Å². The van der Waals surface area contributed by atoms with E-state index in [1.165, 1.54) is 0 Å². The third kappa shape index (κ3) is 4.84. The Morgan fingerprint density at radius 1 is 1.00 bits per heavy atom. The van der Waals surface area contributed by atoms with Gasteiger partial charge in [0.05, 0.1) is 24.8 Å². The number of nitrogens with zero attached hydrogens (tertiary/aromatic N) is 4. The number of rotatable bonds is 6. The molecule has 168 valence electrons. The van der Waals surface area contributed by atoms with Gasteiger partial charge in [0.25, 0.3) is 0 Å². The molecule has 8 nitrogen and oxygen atoms in total. The highest BCUT2D eigenvalue weighted by atomic mass is 16.5. The van der Waals surface area contributed by atoms with Gasteiger partial charge in [0, 0.05) is 52.2 Å². The van der Waals surface area contributed by atoms with Crippen LogP contribution in [0.25, 0.3) is 0 Å². The van der Waals surface area contributed by atoms with E-state index in [4.69, 9.17) is 4.74 Å². The molecule has 0 saturated carbocycles. The van der Waals surface area contributed by atoms with E-state index in [1.54, 1.807) is 4.90 Å². The van der Waals surface area contributed by atoms with Gasteiger partial charge in [0.1, 0.15) is 5.75 Å². The number of likely N-dealkylation sites (tertiary alicyclic amines) is 1. The minimum Gasteiger partial charge on any atom is -0.492 e. The maximum Gasteiger partial charge on any atom is 0.236 e. The summed E-state index contributed by atoms with van der Waals surface area (Å²) < 4.78 is 5.66. The fourth-order valence-electron chi connectivity index (χ4n) is 4.71. The predicted octanol–water partition coefficient (Wildman–Crippen LogP) is 1.20. The number of carbonyl (C=O) groups is 3. The van der Waals surface area contributed by atoms with Crippen molar-refractivity contribution >= 4 is 23.4 Å². The van der Waals surface area contributed by atoms with Gasteiger partial charge in [-0.15, -0.1) is 0 Å². The lowest BCUT2D eigenvalue weighted by Crippen LogP contribution is -2.52. The first-order valence-corrected chi connectivity index (χ1v) is 11.4. The summed E-state index contributed by atoms with van der Waals surface area (Å²) >= 11 is 0. The second kappa shape index (κ2) is 9.68. The highest BCUT2D eigenvalue weighted by Gasteiger charge is 2.39. The number of hydrogen-bond donors (Lipinski definition) is 0. The zero-order valence-electron chi connectivity index (χ0n) is 18.3. The molecule has 0 N–H and O–H groups in total. The van der Waals surface area contributed by atoms with Crippen LogP contribution in [0, 0.1) is 5.92 Å². The Hall–Kier alpha value is -2.61. The molecule has 1 atom stereocenters. The van der Waals surface area contributed by atoms with E-state index in [2.05, 4.69) is 4.90 Å².